The average molecular weight is 283 g/mol. The van der Waals surface area contributed by atoms with Crippen molar-refractivity contribution in [2.24, 2.45) is 0 Å². The minimum absolute atomic E-state index is 0.238. The van der Waals surface area contributed by atoms with E-state index in [1.54, 1.807) is 17.8 Å². The van der Waals surface area contributed by atoms with Gasteiger partial charge in [-0.05, 0) is 66.3 Å². The molecule has 0 unspecified atom stereocenters. The van der Waals surface area contributed by atoms with Crippen LogP contribution in [0.4, 0.5) is 4.39 Å². The predicted molar refractivity (Wildman–Crippen MR) is 79.1 cm³/mol. The van der Waals surface area contributed by atoms with Gasteiger partial charge in [-0.1, -0.05) is 6.07 Å². The number of nitriles is 1. The number of nitrogens with zero attached hydrogens (tertiary/aromatic N) is 1. The van der Waals surface area contributed by atoms with Gasteiger partial charge in [0.25, 0.3) is 0 Å². The maximum atomic E-state index is 13.7. The minimum atomic E-state index is -0.238. The van der Waals surface area contributed by atoms with Crippen LogP contribution in [-0.2, 0) is 18.6 Å². The lowest BCUT2D eigenvalue weighted by Crippen LogP contribution is -1.90. The Morgan fingerprint density at radius 2 is 1.95 bits per heavy atom. The summed E-state index contributed by atoms with van der Waals surface area (Å²) in [4.78, 5) is 1.17. The van der Waals surface area contributed by atoms with Crippen molar-refractivity contribution >= 4 is 11.8 Å². The van der Waals surface area contributed by atoms with Gasteiger partial charge in [0, 0.05) is 10.6 Å². The van der Waals surface area contributed by atoms with E-state index >= 15 is 0 Å². The minimum Gasteiger partial charge on any atom is -0.207 e. The molecule has 0 aliphatic heterocycles. The van der Waals surface area contributed by atoms with Gasteiger partial charge in [0.15, 0.2) is 0 Å². The highest BCUT2D eigenvalue weighted by Gasteiger charge is 2.11. The summed E-state index contributed by atoms with van der Waals surface area (Å²) in [5, 5.41) is 8.86. The number of rotatable bonds is 3. The highest BCUT2D eigenvalue weighted by atomic mass is 32.2. The maximum Gasteiger partial charge on any atom is 0.127 e. The predicted octanol–water partition coefficient (Wildman–Crippen LogP) is 4.48. The van der Waals surface area contributed by atoms with E-state index in [0.29, 0.717) is 16.9 Å². The van der Waals surface area contributed by atoms with E-state index < -0.39 is 0 Å². The first-order chi connectivity index (χ1) is 9.76. The summed E-state index contributed by atoms with van der Waals surface area (Å²) >= 11 is 1.62. The van der Waals surface area contributed by atoms with Gasteiger partial charge in [-0.3, -0.25) is 0 Å². The molecule has 0 heterocycles. The zero-order valence-electron chi connectivity index (χ0n) is 11.0. The van der Waals surface area contributed by atoms with Gasteiger partial charge >= 0.3 is 0 Å². The highest BCUT2D eigenvalue weighted by Crippen LogP contribution is 2.30. The highest BCUT2D eigenvalue weighted by molar-refractivity contribution is 7.98. The van der Waals surface area contributed by atoms with Crippen LogP contribution in [0.3, 0.4) is 0 Å². The Bertz CT molecular complexity index is 688. The molecule has 0 amide bonds. The van der Waals surface area contributed by atoms with Crippen molar-refractivity contribution < 1.29 is 4.39 Å². The Labute approximate surface area is 122 Å². The number of hydrogen-bond donors (Lipinski definition) is 0. The summed E-state index contributed by atoms with van der Waals surface area (Å²) in [7, 11) is 0. The van der Waals surface area contributed by atoms with Crippen molar-refractivity contribution in [1.82, 2.24) is 0 Å². The summed E-state index contributed by atoms with van der Waals surface area (Å²) in [6, 6.07) is 13.1. The van der Waals surface area contributed by atoms with Gasteiger partial charge in [0.2, 0.25) is 0 Å². The second-order valence-corrected chi connectivity index (χ2v) is 6.04. The molecule has 0 radical (unpaired) electrons. The molecule has 0 saturated carbocycles. The number of aryl methyl sites for hydroxylation is 2. The van der Waals surface area contributed by atoms with Crippen molar-refractivity contribution in [3.63, 3.8) is 0 Å². The molecule has 20 heavy (non-hydrogen) atoms. The molecule has 0 saturated heterocycles. The first-order valence-corrected chi connectivity index (χ1v) is 7.68. The van der Waals surface area contributed by atoms with Crippen LogP contribution in [-0.4, -0.2) is 0 Å². The monoisotopic (exact) mass is 283 g/mol. The van der Waals surface area contributed by atoms with Gasteiger partial charge in [-0.25, -0.2) is 4.39 Å². The molecule has 2 aromatic rings. The molecule has 0 atom stereocenters. The molecule has 1 aliphatic rings. The Morgan fingerprint density at radius 3 is 2.80 bits per heavy atom. The van der Waals surface area contributed by atoms with Gasteiger partial charge in [-0.15, -0.1) is 11.8 Å². The lowest BCUT2D eigenvalue weighted by molar-refractivity contribution is 0.617. The smallest absolute Gasteiger partial charge is 0.127 e. The molecular weight excluding hydrogens is 269 g/mol. The largest absolute Gasteiger partial charge is 0.207 e. The first-order valence-electron chi connectivity index (χ1n) is 6.69. The summed E-state index contributed by atoms with van der Waals surface area (Å²) in [5.41, 5.74) is 3.98. The molecule has 0 N–H and O–H groups in total. The molecule has 3 rings (SSSR count). The first kappa shape index (κ1) is 13.2. The van der Waals surface area contributed by atoms with Gasteiger partial charge in [0.1, 0.15) is 5.82 Å². The second-order valence-electron chi connectivity index (χ2n) is 4.99. The summed E-state index contributed by atoms with van der Waals surface area (Å²) in [6.45, 7) is 0. The van der Waals surface area contributed by atoms with Gasteiger partial charge in [0.05, 0.1) is 11.6 Å². The molecule has 1 aliphatic carbocycles. The van der Waals surface area contributed by atoms with E-state index in [-0.39, 0.29) is 5.82 Å². The Hall–Kier alpha value is -1.79. The summed E-state index contributed by atoms with van der Waals surface area (Å²) < 4.78 is 13.7. The fourth-order valence-electron chi connectivity index (χ4n) is 2.55. The molecule has 100 valence electrons. The molecule has 0 spiro atoms. The van der Waals surface area contributed by atoms with Gasteiger partial charge < -0.3 is 0 Å². The quantitative estimate of drug-likeness (QED) is 0.776. The normalized spacial score (nSPS) is 13.0. The lowest BCUT2D eigenvalue weighted by atomic mass is 10.1. The van der Waals surface area contributed by atoms with Crippen molar-refractivity contribution in [3.05, 3.63) is 64.5 Å². The van der Waals surface area contributed by atoms with E-state index in [1.165, 1.54) is 41.0 Å². The topological polar surface area (TPSA) is 23.8 Å². The van der Waals surface area contributed by atoms with Crippen LogP contribution in [0.5, 0.6) is 0 Å². The van der Waals surface area contributed by atoms with E-state index in [4.69, 9.17) is 5.26 Å². The van der Waals surface area contributed by atoms with E-state index in [1.807, 2.05) is 0 Å². The fraction of sp³-hybridized carbons (Fsp3) is 0.235. The molecule has 0 aromatic heterocycles. The molecular formula is C17H14FNS. The van der Waals surface area contributed by atoms with Crippen LogP contribution < -0.4 is 0 Å². The van der Waals surface area contributed by atoms with E-state index in [2.05, 4.69) is 24.3 Å². The zero-order chi connectivity index (χ0) is 13.9. The van der Waals surface area contributed by atoms with E-state index in [0.717, 1.165) is 6.42 Å². The Kier molecular flexibility index (Phi) is 3.75. The van der Waals surface area contributed by atoms with Crippen LogP contribution in [0, 0.1) is 17.1 Å². The number of fused-ring (bicyclic) bond motifs is 1. The number of halogens is 1. The van der Waals surface area contributed by atoms with Crippen LogP contribution >= 0.6 is 11.8 Å². The third-order valence-corrected chi connectivity index (χ3v) is 4.68. The zero-order valence-corrected chi connectivity index (χ0v) is 11.8. The average Bonchev–Trinajstić information content (AvgIpc) is 2.94. The van der Waals surface area contributed by atoms with E-state index in [9.17, 15) is 4.39 Å². The number of benzene rings is 2. The lowest BCUT2D eigenvalue weighted by Gasteiger charge is -2.06. The van der Waals surface area contributed by atoms with Crippen LogP contribution in [0.15, 0.2) is 41.3 Å². The van der Waals surface area contributed by atoms with Crippen molar-refractivity contribution in [2.45, 2.75) is 29.9 Å². The second kappa shape index (κ2) is 5.68. The maximum absolute atomic E-state index is 13.7. The third kappa shape index (κ3) is 2.71. The SMILES string of the molecule is N#Cc1ccc(F)c(CSc2ccc3c(c2)CCC3)c1. The van der Waals surface area contributed by atoms with Crippen LogP contribution in [0.1, 0.15) is 28.7 Å². The molecule has 1 nitrogen and oxygen atoms in total. The standard InChI is InChI=1S/C17H14FNS/c18-17-7-4-12(10-19)8-15(17)11-20-16-6-5-13-2-1-3-14(13)9-16/h4-9H,1-3,11H2. The number of hydrogen-bond acceptors (Lipinski definition) is 2. The van der Waals surface area contributed by atoms with Crippen LogP contribution in [0.2, 0.25) is 0 Å². The van der Waals surface area contributed by atoms with Crippen molar-refractivity contribution in [3.8, 4) is 6.07 Å². The fourth-order valence-corrected chi connectivity index (χ4v) is 3.49. The Balaban J connectivity index is 1.75. The van der Waals surface area contributed by atoms with Gasteiger partial charge in [-0.2, -0.15) is 5.26 Å². The Morgan fingerprint density at radius 1 is 1.10 bits per heavy atom. The molecule has 3 heteroatoms. The van der Waals surface area contributed by atoms with Crippen molar-refractivity contribution in [1.29, 1.82) is 5.26 Å². The number of thioether (sulfide) groups is 1. The van der Waals surface area contributed by atoms with Crippen molar-refractivity contribution in [2.75, 3.05) is 0 Å². The molecule has 0 fully saturated rings. The summed E-state index contributed by atoms with van der Waals surface area (Å²) in [5.74, 6) is 0.317. The van der Waals surface area contributed by atoms with Crippen LogP contribution in [0.25, 0.3) is 0 Å². The molecule has 2 aromatic carbocycles. The third-order valence-electron chi connectivity index (χ3n) is 3.64. The molecule has 0 bridgehead atoms. The summed E-state index contributed by atoms with van der Waals surface area (Å²) in [6.07, 6.45) is 3.57.